The molecule has 124 valence electrons. The van der Waals surface area contributed by atoms with Crippen LogP contribution in [0.1, 0.15) is 17.7 Å². The number of anilines is 1. The number of aromatic nitrogens is 4. The summed E-state index contributed by atoms with van der Waals surface area (Å²) in [6.07, 6.45) is 1.67. The highest BCUT2D eigenvalue weighted by molar-refractivity contribution is 6.31. The molecule has 0 aliphatic heterocycles. The van der Waals surface area contributed by atoms with Crippen LogP contribution in [0.2, 0.25) is 5.02 Å². The minimum Gasteiger partial charge on any atom is -0.326 e. The molecule has 0 spiro atoms. The molecule has 1 amide bonds. The van der Waals surface area contributed by atoms with Crippen LogP contribution in [0.3, 0.4) is 0 Å². The van der Waals surface area contributed by atoms with E-state index >= 15 is 0 Å². The lowest BCUT2D eigenvalue weighted by molar-refractivity contribution is -0.116. The van der Waals surface area contributed by atoms with Crippen molar-refractivity contribution >= 4 is 29.0 Å². The smallest absolute Gasteiger partial charge is 0.277 e. The molecule has 0 aliphatic rings. The molecule has 3 rings (SSSR count). The molecule has 0 fully saturated rings. The first-order valence-electron chi connectivity index (χ1n) is 7.12. The Morgan fingerprint density at radius 3 is 3.00 bits per heavy atom. The summed E-state index contributed by atoms with van der Waals surface area (Å²) in [7, 11) is 0. The third-order valence-corrected chi connectivity index (χ3v) is 3.83. The predicted molar refractivity (Wildman–Crippen MR) is 86.7 cm³/mol. The third-order valence-electron chi connectivity index (χ3n) is 3.54. The van der Waals surface area contributed by atoms with Gasteiger partial charge in [0.05, 0.1) is 10.7 Å². The number of carbonyl (C=O) groups is 1. The zero-order valence-corrected chi connectivity index (χ0v) is 13.4. The number of H-pyrrole nitrogens is 1. The highest BCUT2D eigenvalue weighted by atomic mass is 35.5. The number of hydrogen-bond donors (Lipinski definition) is 2. The summed E-state index contributed by atoms with van der Waals surface area (Å²) >= 11 is 5.67. The van der Waals surface area contributed by atoms with Crippen molar-refractivity contribution in [2.24, 2.45) is 0 Å². The SMILES string of the molecule is Cc1nc2nc[nH]n2c(=O)c1CCC(=O)Nc1ccc(F)c(Cl)c1. The summed E-state index contributed by atoms with van der Waals surface area (Å²) in [5.41, 5.74) is 1.07. The Hall–Kier alpha value is -2.74. The number of nitrogens with zero attached hydrogens (tertiary/aromatic N) is 3. The number of amides is 1. The second-order valence-corrected chi connectivity index (χ2v) is 5.59. The quantitative estimate of drug-likeness (QED) is 0.754. The Bertz CT molecular complexity index is 982. The molecule has 0 bridgehead atoms. The van der Waals surface area contributed by atoms with Crippen molar-refractivity contribution in [3.05, 3.63) is 57.0 Å². The number of aromatic amines is 1. The van der Waals surface area contributed by atoms with E-state index in [1.807, 2.05) is 0 Å². The molecular formula is C15H13ClFN5O2. The number of carbonyl (C=O) groups excluding carboxylic acids is 1. The molecule has 2 heterocycles. The van der Waals surface area contributed by atoms with Crippen LogP contribution in [0.15, 0.2) is 29.3 Å². The van der Waals surface area contributed by atoms with Crippen molar-refractivity contribution in [1.82, 2.24) is 19.6 Å². The number of nitrogens with one attached hydrogen (secondary N) is 2. The van der Waals surface area contributed by atoms with Crippen molar-refractivity contribution in [2.75, 3.05) is 5.32 Å². The van der Waals surface area contributed by atoms with Gasteiger partial charge >= 0.3 is 0 Å². The van der Waals surface area contributed by atoms with Crippen molar-refractivity contribution in [3.63, 3.8) is 0 Å². The van der Waals surface area contributed by atoms with Crippen molar-refractivity contribution in [3.8, 4) is 0 Å². The summed E-state index contributed by atoms with van der Waals surface area (Å²) in [4.78, 5) is 32.5. The zero-order chi connectivity index (χ0) is 17.3. The normalized spacial score (nSPS) is 11.0. The van der Waals surface area contributed by atoms with Gasteiger partial charge in [0.2, 0.25) is 5.91 Å². The van der Waals surface area contributed by atoms with Gasteiger partial charge in [-0.05, 0) is 31.5 Å². The van der Waals surface area contributed by atoms with Gasteiger partial charge in [-0.3, -0.25) is 14.7 Å². The largest absolute Gasteiger partial charge is 0.326 e. The molecule has 0 unspecified atom stereocenters. The summed E-state index contributed by atoms with van der Waals surface area (Å²) in [6, 6.07) is 3.91. The van der Waals surface area contributed by atoms with E-state index in [1.54, 1.807) is 6.92 Å². The first-order valence-corrected chi connectivity index (χ1v) is 7.50. The van der Waals surface area contributed by atoms with Crippen LogP contribution in [0, 0.1) is 12.7 Å². The van der Waals surface area contributed by atoms with Crippen LogP contribution in [-0.4, -0.2) is 25.5 Å². The van der Waals surface area contributed by atoms with E-state index in [-0.39, 0.29) is 35.1 Å². The Labute approximate surface area is 140 Å². The molecule has 2 aromatic heterocycles. The molecular weight excluding hydrogens is 337 g/mol. The lowest BCUT2D eigenvalue weighted by atomic mass is 10.1. The number of halogens is 2. The van der Waals surface area contributed by atoms with Crippen molar-refractivity contribution < 1.29 is 9.18 Å². The van der Waals surface area contributed by atoms with Crippen molar-refractivity contribution in [1.29, 1.82) is 0 Å². The Kier molecular flexibility index (Phi) is 4.30. The molecule has 7 nitrogen and oxygen atoms in total. The highest BCUT2D eigenvalue weighted by Crippen LogP contribution is 2.19. The number of fused-ring (bicyclic) bond motifs is 1. The fourth-order valence-electron chi connectivity index (χ4n) is 2.32. The predicted octanol–water partition coefficient (Wildman–Crippen LogP) is 2.09. The lowest BCUT2D eigenvalue weighted by Gasteiger charge is -2.07. The average molecular weight is 350 g/mol. The van der Waals surface area contributed by atoms with Gasteiger partial charge in [-0.1, -0.05) is 11.6 Å². The summed E-state index contributed by atoms with van der Waals surface area (Å²) in [5, 5.41) is 5.21. The average Bonchev–Trinajstić information content (AvgIpc) is 2.99. The fourth-order valence-corrected chi connectivity index (χ4v) is 2.50. The van der Waals surface area contributed by atoms with E-state index in [0.29, 0.717) is 16.9 Å². The highest BCUT2D eigenvalue weighted by Gasteiger charge is 2.13. The van der Waals surface area contributed by atoms with Gasteiger partial charge in [-0.2, -0.15) is 4.52 Å². The standard InChI is InChI=1S/C15H13ClFN5O2/c1-8-10(14(24)22-15(20-8)18-7-19-22)3-5-13(23)21-9-2-4-12(17)11(16)6-9/h2,4,6-7H,3,5H2,1H3,(H,21,23)(H,18,19,20). The maximum atomic E-state index is 13.1. The summed E-state index contributed by atoms with van der Waals surface area (Å²) in [6.45, 7) is 1.70. The molecule has 0 radical (unpaired) electrons. The van der Waals surface area contributed by atoms with Gasteiger partial charge in [-0.15, -0.1) is 0 Å². The topological polar surface area (TPSA) is 92.2 Å². The van der Waals surface area contributed by atoms with Gasteiger partial charge in [0, 0.05) is 17.7 Å². The molecule has 0 aliphatic carbocycles. The molecule has 2 N–H and O–H groups in total. The van der Waals surface area contributed by atoms with E-state index < -0.39 is 5.82 Å². The van der Waals surface area contributed by atoms with Gasteiger partial charge in [0.25, 0.3) is 11.3 Å². The lowest BCUT2D eigenvalue weighted by Crippen LogP contribution is -2.23. The van der Waals surface area contributed by atoms with E-state index in [4.69, 9.17) is 11.6 Å². The van der Waals surface area contributed by atoms with Crippen LogP contribution in [-0.2, 0) is 11.2 Å². The number of aryl methyl sites for hydroxylation is 1. The molecule has 3 aromatic rings. The number of hydrogen-bond acceptors (Lipinski definition) is 4. The molecule has 0 saturated heterocycles. The third kappa shape index (κ3) is 3.13. The van der Waals surface area contributed by atoms with Gasteiger partial charge in [0.15, 0.2) is 0 Å². The van der Waals surface area contributed by atoms with Crippen molar-refractivity contribution in [2.45, 2.75) is 19.8 Å². The van der Waals surface area contributed by atoms with Gasteiger partial charge in [-0.25, -0.2) is 14.4 Å². The Balaban J connectivity index is 1.72. The molecule has 1 aromatic carbocycles. The van der Waals surface area contributed by atoms with E-state index in [2.05, 4.69) is 20.4 Å². The van der Waals surface area contributed by atoms with Crippen LogP contribution < -0.4 is 10.9 Å². The van der Waals surface area contributed by atoms with E-state index in [1.165, 1.54) is 29.0 Å². The summed E-state index contributed by atoms with van der Waals surface area (Å²) < 4.78 is 14.3. The zero-order valence-electron chi connectivity index (χ0n) is 12.6. The second kappa shape index (κ2) is 6.40. The second-order valence-electron chi connectivity index (χ2n) is 5.18. The molecule has 9 heteroatoms. The van der Waals surface area contributed by atoms with Crippen LogP contribution in [0.5, 0.6) is 0 Å². The maximum absolute atomic E-state index is 13.1. The maximum Gasteiger partial charge on any atom is 0.277 e. The number of benzene rings is 1. The molecule has 0 atom stereocenters. The minimum atomic E-state index is -0.558. The van der Waals surface area contributed by atoms with Crippen LogP contribution in [0.25, 0.3) is 5.78 Å². The molecule has 24 heavy (non-hydrogen) atoms. The molecule has 0 saturated carbocycles. The van der Waals surface area contributed by atoms with E-state index in [0.717, 1.165) is 0 Å². The Morgan fingerprint density at radius 2 is 2.25 bits per heavy atom. The fraction of sp³-hybridized carbons (Fsp3) is 0.200. The monoisotopic (exact) mass is 349 g/mol. The first kappa shape index (κ1) is 16.1. The summed E-state index contributed by atoms with van der Waals surface area (Å²) in [5.74, 6) is -0.588. The van der Waals surface area contributed by atoms with Gasteiger partial charge in [0.1, 0.15) is 12.1 Å². The number of rotatable bonds is 4. The van der Waals surface area contributed by atoms with E-state index in [9.17, 15) is 14.0 Å². The Morgan fingerprint density at radius 1 is 1.46 bits per heavy atom. The first-order chi connectivity index (χ1) is 11.5. The van der Waals surface area contributed by atoms with Gasteiger partial charge < -0.3 is 5.32 Å². The van der Waals surface area contributed by atoms with Crippen LogP contribution in [0.4, 0.5) is 10.1 Å². The van der Waals surface area contributed by atoms with Crippen LogP contribution >= 0.6 is 11.6 Å². The minimum absolute atomic E-state index is 0.0733.